The Morgan fingerprint density at radius 1 is 1.12 bits per heavy atom. The van der Waals surface area contributed by atoms with Crippen LogP contribution in [0.25, 0.3) is 0 Å². The van der Waals surface area contributed by atoms with Crippen molar-refractivity contribution in [1.82, 2.24) is 10.2 Å². The number of unbranched alkanes of at least 4 members (excludes halogenated alkanes) is 3. The SMILES string of the molecule is CCCCCCSc1ccc([C@H]2N[C@@](CC(C)C)(C(=O)OC)[C@H]3C(=O)N(CC)C(=O)[C@@H]23)cc1. The van der Waals surface area contributed by atoms with Gasteiger partial charge in [0.15, 0.2) is 0 Å². The lowest BCUT2D eigenvalue weighted by molar-refractivity contribution is -0.155. The molecule has 0 bridgehead atoms. The molecule has 2 aliphatic rings. The van der Waals surface area contributed by atoms with Crippen molar-refractivity contribution in [2.24, 2.45) is 17.8 Å². The first kappa shape index (κ1) is 25.8. The highest BCUT2D eigenvalue weighted by atomic mass is 32.2. The number of methoxy groups -OCH3 is 1. The number of thioether (sulfide) groups is 1. The summed E-state index contributed by atoms with van der Waals surface area (Å²) in [5, 5.41) is 3.45. The summed E-state index contributed by atoms with van der Waals surface area (Å²) in [6.45, 7) is 8.35. The Morgan fingerprint density at radius 2 is 1.82 bits per heavy atom. The fraction of sp³-hybridized carbons (Fsp3) is 0.654. The van der Waals surface area contributed by atoms with Crippen LogP contribution < -0.4 is 5.32 Å². The Kier molecular flexibility index (Phi) is 8.62. The molecular formula is C26H38N2O4S. The average Bonchev–Trinajstić information content (AvgIpc) is 3.26. The minimum absolute atomic E-state index is 0.140. The summed E-state index contributed by atoms with van der Waals surface area (Å²) in [5.74, 6) is -1.07. The van der Waals surface area contributed by atoms with E-state index in [0.29, 0.717) is 13.0 Å². The molecule has 2 aliphatic heterocycles. The van der Waals surface area contributed by atoms with Crippen molar-refractivity contribution in [3.8, 4) is 0 Å². The van der Waals surface area contributed by atoms with E-state index < -0.39 is 29.4 Å². The zero-order chi connectivity index (χ0) is 24.2. The fourth-order valence-electron chi connectivity index (χ4n) is 5.44. The Balaban J connectivity index is 1.89. The second kappa shape index (κ2) is 11.0. The van der Waals surface area contributed by atoms with Crippen LogP contribution in [0.3, 0.4) is 0 Å². The molecule has 0 unspecified atom stereocenters. The topological polar surface area (TPSA) is 75.7 Å². The van der Waals surface area contributed by atoms with E-state index in [1.165, 1.54) is 42.6 Å². The lowest BCUT2D eigenvalue weighted by atomic mass is 9.75. The smallest absolute Gasteiger partial charge is 0.326 e. The molecule has 4 atom stereocenters. The van der Waals surface area contributed by atoms with Gasteiger partial charge < -0.3 is 4.74 Å². The number of ether oxygens (including phenoxy) is 1. The van der Waals surface area contributed by atoms with Crippen LogP contribution >= 0.6 is 11.8 Å². The van der Waals surface area contributed by atoms with Gasteiger partial charge in [0.1, 0.15) is 5.54 Å². The van der Waals surface area contributed by atoms with Crippen LogP contribution in [-0.2, 0) is 19.1 Å². The van der Waals surface area contributed by atoms with Crippen LogP contribution in [0.5, 0.6) is 0 Å². The minimum atomic E-state index is -1.21. The predicted octanol–water partition coefficient (Wildman–Crippen LogP) is 4.58. The van der Waals surface area contributed by atoms with Crippen LogP contribution in [0.4, 0.5) is 0 Å². The lowest BCUT2D eigenvalue weighted by Gasteiger charge is -2.33. The third-order valence-electron chi connectivity index (χ3n) is 6.85. The first-order valence-corrected chi connectivity index (χ1v) is 13.2. The highest BCUT2D eigenvalue weighted by Crippen LogP contribution is 2.51. The molecule has 0 aromatic heterocycles. The monoisotopic (exact) mass is 474 g/mol. The third-order valence-corrected chi connectivity index (χ3v) is 7.95. The number of nitrogens with zero attached hydrogens (tertiary/aromatic N) is 1. The van der Waals surface area contributed by atoms with Gasteiger partial charge >= 0.3 is 5.97 Å². The van der Waals surface area contributed by atoms with Gasteiger partial charge in [-0.25, -0.2) is 0 Å². The standard InChI is InChI=1S/C26H38N2O4S/c1-6-8-9-10-15-33-19-13-11-18(12-14-19)22-20-21(24(30)28(7-2)23(20)29)26(27-22,16-17(3)4)25(31)32-5/h11-14,17,20-22,27H,6-10,15-16H2,1-5H3/t20-,21-,22-,26-/m1/s1. The first-order chi connectivity index (χ1) is 15.8. The van der Waals surface area contributed by atoms with Crippen molar-refractivity contribution < 1.29 is 19.1 Å². The highest BCUT2D eigenvalue weighted by molar-refractivity contribution is 7.99. The van der Waals surface area contributed by atoms with Crippen molar-refractivity contribution in [3.05, 3.63) is 29.8 Å². The van der Waals surface area contributed by atoms with Crippen molar-refractivity contribution in [1.29, 1.82) is 0 Å². The maximum Gasteiger partial charge on any atom is 0.326 e. The number of amides is 2. The van der Waals surface area contributed by atoms with Gasteiger partial charge in [0, 0.05) is 17.5 Å². The number of imide groups is 1. The van der Waals surface area contributed by atoms with E-state index in [0.717, 1.165) is 11.3 Å². The molecule has 33 heavy (non-hydrogen) atoms. The van der Waals surface area contributed by atoms with Crippen molar-refractivity contribution in [3.63, 3.8) is 0 Å². The maximum atomic E-state index is 13.3. The second-order valence-electron chi connectivity index (χ2n) is 9.59. The predicted molar refractivity (Wildman–Crippen MR) is 131 cm³/mol. The molecule has 1 aromatic rings. The van der Waals surface area contributed by atoms with Gasteiger partial charge in [-0.15, -0.1) is 11.8 Å². The van der Waals surface area contributed by atoms with Crippen LogP contribution in [-0.4, -0.2) is 47.6 Å². The quantitative estimate of drug-likeness (QED) is 0.219. The molecule has 2 amide bonds. The minimum Gasteiger partial charge on any atom is -0.468 e. The van der Waals surface area contributed by atoms with E-state index in [4.69, 9.17) is 4.74 Å². The number of fused-ring (bicyclic) bond motifs is 1. The number of esters is 1. The van der Waals surface area contributed by atoms with Gasteiger partial charge in [0.2, 0.25) is 11.8 Å². The third kappa shape index (κ3) is 4.99. The molecule has 0 radical (unpaired) electrons. The number of likely N-dealkylation sites (tertiary alicyclic amines) is 1. The van der Waals surface area contributed by atoms with Crippen LogP contribution in [0, 0.1) is 17.8 Å². The summed E-state index contributed by atoms with van der Waals surface area (Å²) in [6.07, 6.45) is 5.39. The molecule has 7 heteroatoms. The number of rotatable bonds is 11. The van der Waals surface area contributed by atoms with E-state index in [1.807, 2.05) is 37.7 Å². The van der Waals surface area contributed by atoms with E-state index in [-0.39, 0.29) is 17.7 Å². The van der Waals surface area contributed by atoms with E-state index in [1.54, 1.807) is 6.92 Å². The largest absolute Gasteiger partial charge is 0.468 e. The van der Waals surface area contributed by atoms with E-state index in [2.05, 4.69) is 24.4 Å². The molecule has 3 rings (SSSR count). The first-order valence-electron chi connectivity index (χ1n) is 12.2. The molecule has 2 saturated heterocycles. The summed E-state index contributed by atoms with van der Waals surface area (Å²) in [7, 11) is 1.35. The summed E-state index contributed by atoms with van der Waals surface area (Å²) < 4.78 is 5.19. The molecule has 0 spiro atoms. The molecule has 0 aliphatic carbocycles. The number of hydrogen-bond acceptors (Lipinski definition) is 6. The normalized spacial score (nSPS) is 26.8. The summed E-state index contributed by atoms with van der Waals surface area (Å²) in [5.41, 5.74) is -0.282. The lowest BCUT2D eigenvalue weighted by Crippen LogP contribution is -2.57. The van der Waals surface area contributed by atoms with Gasteiger partial charge in [-0.3, -0.25) is 24.6 Å². The highest BCUT2D eigenvalue weighted by Gasteiger charge is 2.68. The Bertz CT molecular complexity index is 856. The van der Waals surface area contributed by atoms with Crippen molar-refractivity contribution in [2.75, 3.05) is 19.4 Å². The van der Waals surface area contributed by atoms with Gasteiger partial charge in [-0.1, -0.05) is 52.2 Å². The van der Waals surface area contributed by atoms with Gasteiger partial charge in [-0.05, 0) is 49.1 Å². The molecule has 1 N–H and O–H groups in total. The summed E-state index contributed by atoms with van der Waals surface area (Å²) in [6, 6.07) is 7.80. The van der Waals surface area contributed by atoms with Gasteiger partial charge in [0.25, 0.3) is 0 Å². The molecule has 0 saturated carbocycles. The molecular weight excluding hydrogens is 436 g/mol. The second-order valence-corrected chi connectivity index (χ2v) is 10.8. The zero-order valence-corrected chi connectivity index (χ0v) is 21.4. The van der Waals surface area contributed by atoms with Gasteiger partial charge in [0.05, 0.1) is 18.9 Å². The average molecular weight is 475 g/mol. The number of carbonyl (C=O) groups is 3. The van der Waals surface area contributed by atoms with Crippen molar-refractivity contribution >= 4 is 29.5 Å². The molecule has 182 valence electrons. The fourth-order valence-corrected chi connectivity index (χ4v) is 6.35. The number of hydrogen-bond donors (Lipinski definition) is 1. The zero-order valence-electron chi connectivity index (χ0n) is 20.6. The van der Waals surface area contributed by atoms with Crippen LogP contribution in [0.15, 0.2) is 29.2 Å². The summed E-state index contributed by atoms with van der Waals surface area (Å²) in [4.78, 5) is 42.2. The Labute approximate surface area is 202 Å². The van der Waals surface area contributed by atoms with Crippen molar-refractivity contribution in [2.45, 2.75) is 76.3 Å². The molecule has 2 fully saturated rings. The summed E-state index contributed by atoms with van der Waals surface area (Å²) >= 11 is 1.84. The van der Waals surface area contributed by atoms with Gasteiger partial charge in [-0.2, -0.15) is 0 Å². The molecule has 1 aromatic carbocycles. The Morgan fingerprint density at radius 3 is 2.39 bits per heavy atom. The molecule has 6 nitrogen and oxygen atoms in total. The Hall–Kier alpha value is -1.86. The molecule has 2 heterocycles. The van der Waals surface area contributed by atoms with E-state index in [9.17, 15) is 14.4 Å². The van der Waals surface area contributed by atoms with Crippen LogP contribution in [0.1, 0.15) is 71.4 Å². The number of carbonyl (C=O) groups excluding carboxylic acids is 3. The van der Waals surface area contributed by atoms with E-state index >= 15 is 0 Å². The van der Waals surface area contributed by atoms with Crippen LogP contribution in [0.2, 0.25) is 0 Å². The number of benzene rings is 1. The maximum absolute atomic E-state index is 13.3. The number of nitrogens with one attached hydrogen (secondary N) is 1.